The maximum atomic E-state index is 11.1. The molecule has 2 rings (SSSR count). The zero-order valence-electron chi connectivity index (χ0n) is 10.3. The molecule has 0 unspecified atom stereocenters. The fourth-order valence-electron chi connectivity index (χ4n) is 2.20. The molecule has 1 heterocycles. The van der Waals surface area contributed by atoms with E-state index in [1.807, 2.05) is 0 Å². The van der Waals surface area contributed by atoms with Crippen molar-refractivity contribution in [2.24, 2.45) is 0 Å². The van der Waals surface area contributed by atoms with Crippen LogP contribution in [0, 0.1) is 17.0 Å². The van der Waals surface area contributed by atoms with Gasteiger partial charge in [-0.05, 0) is 31.4 Å². The lowest BCUT2D eigenvalue weighted by atomic mass is 10.00. The number of rotatable bonds is 2. The first-order valence-electron chi connectivity index (χ1n) is 5.72. The third-order valence-electron chi connectivity index (χ3n) is 2.89. The van der Waals surface area contributed by atoms with Gasteiger partial charge in [-0.2, -0.15) is 0 Å². The second-order valence-corrected chi connectivity index (χ2v) is 4.28. The van der Waals surface area contributed by atoms with Crippen LogP contribution in [0.2, 0.25) is 0 Å². The van der Waals surface area contributed by atoms with E-state index in [4.69, 9.17) is 4.74 Å². The quantitative estimate of drug-likeness (QED) is 0.644. The smallest absolute Gasteiger partial charge is 0.299 e. The molecule has 0 saturated heterocycles. The van der Waals surface area contributed by atoms with Gasteiger partial charge < -0.3 is 10.1 Å². The molecule has 0 bridgehead atoms. The monoisotopic (exact) mass is 250 g/mol. The third-order valence-corrected chi connectivity index (χ3v) is 2.89. The molecule has 6 heteroatoms. The van der Waals surface area contributed by atoms with Crippen LogP contribution in [0.1, 0.15) is 24.5 Å². The van der Waals surface area contributed by atoms with Crippen LogP contribution in [-0.2, 0) is 11.2 Å². The first-order chi connectivity index (χ1) is 8.50. The van der Waals surface area contributed by atoms with Gasteiger partial charge in [-0.1, -0.05) is 0 Å². The molecule has 0 radical (unpaired) electrons. The Morgan fingerprint density at radius 1 is 1.56 bits per heavy atom. The Hall–Kier alpha value is -2.11. The number of nitro groups is 1. The number of anilines is 1. The second kappa shape index (κ2) is 4.64. The van der Waals surface area contributed by atoms with Crippen molar-refractivity contribution in [2.75, 3.05) is 11.9 Å². The number of carbonyl (C=O) groups is 1. The molecule has 0 fully saturated rings. The van der Waals surface area contributed by atoms with Crippen molar-refractivity contribution in [3.8, 4) is 5.75 Å². The standard InChI is InChI=1S/C12H14N2O4/c1-7-11(14(16)17)10(13-8(2)15)6-9-4-3-5-18-12(7)9/h6H,3-5H2,1-2H3,(H,13,15). The Kier molecular flexibility index (Phi) is 3.18. The summed E-state index contributed by atoms with van der Waals surface area (Å²) in [4.78, 5) is 21.7. The van der Waals surface area contributed by atoms with Gasteiger partial charge in [0.2, 0.25) is 5.91 Å². The summed E-state index contributed by atoms with van der Waals surface area (Å²) in [5.74, 6) is 0.260. The van der Waals surface area contributed by atoms with E-state index in [0.29, 0.717) is 17.9 Å². The molecular formula is C12H14N2O4. The summed E-state index contributed by atoms with van der Waals surface area (Å²) in [7, 11) is 0. The second-order valence-electron chi connectivity index (χ2n) is 4.28. The number of benzene rings is 1. The first-order valence-corrected chi connectivity index (χ1v) is 5.72. The summed E-state index contributed by atoms with van der Waals surface area (Å²) in [6.07, 6.45) is 1.69. The summed E-state index contributed by atoms with van der Waals surface area (Å²) in [6, 6.07) is 1.64. The molecule has 0 aliphatic carbocycles. The number of amides is 1. The van der Waals surface area contributed by atoms with Gasteiger partial charge in [0.15, 0.2) is 0 Å². The third kappa shape index (κ3) is 2.13. The van der Waals surface area contributed by atoms with Crippen LogP contribution < -0.4 is 10.1 Å². The number of hydrogen-bond acceptors (Lipinski definition) is 4. The van der Waals surface area contributed by atoms with Crippen molar-refractivity contribution in [3.63, 3.8) is 0 Å². The highest BCUT2D eigenvalue weighted by Crippen LogP contribution is 2.40. The van der Waals surface area contributed by atoms with Crippen molar-refractivity contribution >= 4 is 17.3 Å². The van der Waals surface area contributed by atoms with Gasteiger partial charge in [0.05, 0.1) is 17.1 Å². The summed E-state index contributed by atoms with van der Waals surface area (Å²) >= 11 is 0. The fraction of sp³-hybridized carbons (Fsp3) is 0.417. The van der Waals surface area contributed by atoms with Gasteiger partial charge in [-0.25, -0.2) is 0 Å². The highest BCUT2D eigenvalue weighted by atomic mass is 16.6. The lowest BCUT2D eigenvalue weighted by molar-refractivity contribution is -0.384. The normalized spacial score (nSPS) is 13.4. The minimum atomic E-state index is -0.487. The molecule has 1 aliphatic rings. The molecule has 1 aromatic rings. The Morgan fingerprint density at radius 3 is 2.89 bits per heavy atom. The van der Waals surface area contributed by atoms with Crippen LogP contribution in [-0.4, -0.2) is 17.4 Å². The number of nitro benzene ring substituents is 1. The summed E-state index contributed by atoms with van der Waals surface area (Å²) in [6.45, 7) is 3.55. The van der Waals surface area contributed by atoms with E-state index in [1.54, 1.807) is 13.0 Å². The molecule has 1 amide bonds. The van der Waals surface area contributed by atoms with Crippen molar-refractivity contribution in [3.05, 3.63) is 27.3 Å². The molecule has 0 spiro atoms. The van der Waals surface area contributed by atoms with Gasteiger partial charge in [-0.3, -0.25) is 14.9 Å². The van der Waals surface area contributed by atoms with Crippen LogP contribution in [0.5, 0.6) is 5.75 Å². The lowest BCUT2D eigenvalue weighted by Gasteiger charge is -2.20. The van der Waals surface area contributed by atoms with E-state index in [0.717, 1.165) is 18.4 Å². The van der Waals surface area contributed by atoms with Crippen LogP contribution in [0.25, 0.3) is 0 Å². The Labute approximate surface area is 104 Å². The fourth-order valence-corrected chi connectivity index (χ4v) is 2.20. The van der Waals surface area contributed by atoms with E-state index >= 15 is 0 Å². The minimum Gasteiger partial charge on any atom is -0.493 e. The maximum Gasteiger partial charge on any atom is 0.299 e. The Bertz CT molecular complexity index is 525. The van der Waals surface area contributed by atoms with E-state index in [1.165, 1.54) is 6.92 Å². The Balaban J connectivity index is 2.60. The van der Waals surface area contributed by atoms with E-state index in [2.05, 4.69) is 5.32 Å². The number of nitrogens with one attached hydrogen (secondary N) is 1. The van der Waals surface area contributed by atoms with Crippen molar-refractivity contribution < 1.29 is 14.5 Å². The summed E-state index contributed by atoms with van der Waals surface area (Å²) < 4.78 is 5.49. The maximum absolute atomic E-state index is 11.1. The number of carbonyl (C=O) groups excluding carboxylic acids is 1. The number of ether oxygens (including phenoxy) is 1. The SMILES string of the molecule is CC(=O)Nc1cc2c(c(C)c1[N+](=O)[O-])OCCC2. The van der Waals surface area contributed by atoms with Crippen LogP contribution in [0.15, 0.2) is 6.07 Å². The largest absolute Gasteiger partial charge is 0.493 e. The van der Waals surface area contributed by atoms with Crippen molar-refractivity contribution in [1.82, 2.24) is 0 Å². The molecule has 96 valence electrons. The minimum absolute atomic E-state index is 0.0918. The zero-order valence-corrected chi connectivity index (χ0v) is 10.3. The predicted molar refractivity (Wildman–Crippen MR) is 66.0 cm³/mol. The zero-order chi connectivity index (χ0) is 13.3. The average Bonchev–Trinajstić information content (AvgIpc) is 2.27. The molecule has 0 saturated carbocycles. The van der Waals surface area contributed by atoms with Gasteiger partial charge in [0.25, 0.3) is 5.69 Å². The van der Waals surface area contributed by atoms with Gasteiger partial charge >= 0.3 is 0 Å². The average molecular weight is 250 g/mol. The van der Waals surface area contributed by atoms with Gasteiger partial charge in [-0.15, -0.1) is 0 Å². The lowest BCUT2D eigenvalue weighted by Crippen LogP contribution is -2.14. The molecule has 1 aliphatic heterocycles. The summed E-state index contributed by atoms with van der Waals surface area (Å²) in [5.41, 5.74) is 1.54. The summed E-state index contributed by atoms with van der Waals surface area (Å²) in [5, 5.41) is 13.6. The molecule has 18 heavy (non-hydrogen) atoms. The van der Waals surface area contributed by atoms with E-state index in [-0.39, 0.29) is 17.3 Å². The molecule has 0 aromatic heterocycles. The van der Waals surface area contributed by atoms with Crippen LogP contribution in [0.4, 0.5) is 11.4 Å². The number of hydrogen-bond donors (Lipinski definition) is 1. The number of nitrogens with zero attached hydrogens (tertiary/aromatic N) is 1. The predicted octanol–water partition coefficient (Wildman–Crippen LogP) is 2.19. The molecule has 1 N–H and O–H groups in total. The molecular weight excluding hydrogens is 236 g/mol. The van der Waals surface area contributed by atoms with E-state index < -0.39 is 4.92 Å². The van der Waals surface area contributed by atoms with Crippen molar-refractivity contribution in [2.45, 2.75) is 26.7 Å². The van der Waals surface area contributed by atoms with Crippen molar-refractivity contribution in [1.29, 1.82) is 0 Å². The number of aryl methyl sites for hydroxylation is 1. The highest BCUT2D eigenvalue weighted by Gasteiger charge is 2.26. The Morgan fingerprint density at radius 2 is 2.28 bits per heavy atom. The number of fused-ring (bicyclic) bond motifs is 1. The van der Waals surface area contributed by atoms with Gasteiger partial charge in [0.1, 0.15) is 11.4 Å². The topological polar surface area (TPSA) is 81.5 Å². The molecule has 0 atom stereocenters. The van der Waals surface area contributed by atoms with Gasteiger partial charge in [0, 0.05) is 6.92 Å². The molecule has 1 aromatic carbocycles. The highest BCUT2D eigenvalue weighted by molar-refractivity contribution is 5.92. The van der Waals surface area contributed by atoms with E-state index in [9.17, 15) is 14.9 Å². The van der Waals surface area contributed by atoms with Crippen LogP contribution in [0.3, 0.4) is 0 Å². The first kappa shape index (κ1) is 12.3. The molecule has 6 nitrogen and oxygen atoms in total. The van der Waals surface area contributed by atoms with Crippen LogP contribution >= 0.6 is 0 Å².